The molecule has 3 aromatic heterocycles. The third kappa shape index (κ3) is 4.78. The van der Waals surface area contributed by atoms with E-state index in [1.165, 1.54) is 21.8 Å². The Labute approximate surface area is 300 Å². The van der Waals surface area contributed by atoms with Crippen LogP contribution in [0.1, 0.15) is 0 Å². The predicted molar refractivity (Wildman–Crippen MR) is 213 cm³/mol. The quantitative estimate of drug-likeness (QED) is 0.172. The Balaban J connectivity index is 1.16. The number of fused-ring (bicyclic) bond motifs is 6. The van der Waals surface area contributed by atoms with Crippen LogP contribution in [0.4, 0.5) is 5.69 Å². The smallest absolute Gasteiger partial charge is 0.235 e. The molecule has 0 saturated heterocycles. The van der Waals surface area contributed by atoms with E-state index < -0.39 is 0 Å². The summed E-state index contributed by atoms with van der Waals surface area (Å²) < 4.78 is 4.52. The van der Waals surface area contributed by atoms with Gasteiger partial charge in [0.25, 0.3) is 0 Å². The summed E-state index contributed by atoms with van der Waals surface area (Å²) in [5.41, 5.74) is 12.1. The van der Waals surface area contributed by atoms with Crippen LogP contribution in [0.3, 0.4) is 0 Å². The maximum absolute atomic E-state index is 7.41. The summed E-state index contributed by atoms with van der Waals surface area (Å²) in [6.45, 7) is 7.41. The van der Waals surface area contributed by atoms with Gasteiger partial charge in [-0.3, -0.25) is 4.57 Å². The van der Waals surface area contributed by atoms with E-state index in [9.17, 15) is 0 Å². The molecule has 0 atom stereocenters. The molecule has 242 valence electrons. The number of hydrogen-bond donors (Lipinski definition) is 0. The second kappa shape index (κ2) is 11.9. The molecular formula is C47H29N5. The van der Waals surface area contributed by atoms with Crippen LogP contribution in [0.15, 0.2) is 176 Å². The van der Waals surface area contributed by atoms with Crippen molar-refractivity contribution in [2.24, 2.45) is 0 Å². The number of nitrogens with zero attached hydrogens (tertiary/aromatic N) is 5. The van der Waals surface area contributed by atoms with Crippen molar-refractivity contribution < 1.29 is 0 Å². The number of hydrogen-bond acceptors (Lipinski definition) is 2. The highest BCUT2D eigenvalue weighted by Crippen LogP contribution is 2.38. The van der Waals surface area contributed by atoms with Crippen LogP contribution in [0.5, 0.6) is 0 Å². The van der Waals surface area contributed by atoms with Gasteiger partial charge < -0.3 is 4.57 Å². The van der Waals surface area contributed by atoms with Crippen molar-refractivity contribution in [1.82, 2.24) is 19.1 Å². The molecule has 7 aromatic carbocycles. The average molecular weight is 664 g/mol. The lowest BCUT2D eigenvalue weighted by atomic mass is 10.0. The first-order valence-electron chi connectivity index (χ1n) is 17.3. The Bertz CT molecular complexity index is 3000. The maximum atomic E-state index is 7.41. The molecule has 0 radical (unpaired) electrons. The van der Waals surface area contributed by atoms with E-state index in [-0.39, 0.29) is 0 Å². The first-order chi connectivity index (χ1) is 25.7. The van der Waals surface area contributed by atoms with E-state index in [0.29, 0.717) is 11.6 Å². The van der Waals surface area contributed by atoms with Crippen LogP contribution >= 0.6 is 0 Å². The molecular weight excluding hydrogens is 635 g/mol. The summed E-state index contributed by atoms with van der Waals surface area (Å²) >= 11 is 0. The Morgan fingerprint density at radius 3 is 1.44 bits per heavy atom. The number of benzene rings is 7. The van der Waals surface area contributed by atoms with Crippen LogP contribution < -0.4 is 0 Å². The van der Waals surface area contributed by atoms with Crippen LogP contribution in [-0.4, -0.2) is 19.1 Å². The first-order valence-corrected chi connectivity index (χ1v) is 17.3. The highest BCUT2D eigenvalue weighted by molar-refractivity contribution is 6.12. The molecule has 0 bridgehead atoms. The summed E-state index contributed by atoms with van der Waals surface area (Å²) in [4.78, 5) is 13.9. The number of aromatic nitrogens is 4. The van der Waals surface area contributed by atoms with Gasteiger partial charge in [-0.25, -0.2) is 14.8 Å². The summed E-state index contributed by atoms with van der Waals surface area (Å²) in [6, 6.07) is 61.1. The lowest BCUT2D eigenvalue weighted by Gasteiger charge is -2.12. The highest BCUT2D eigenvalue weighted by atomic mass is 15.2. The monoisotopic (exact) mass is 663 g/mol. The minimum absolute atomic E-state index is 0.597. The van der Waals surface area contributed by atoms with E-state index >= 15 is 0 Å². The topological polar surface area (TPSA) is 40.0 Å². The van der Waals surface area contributed by atoms with Crippen molar-refractivity contribution in [3.63, 3.8) is 0 Å². The summed E-state index contributed by atoms with van der Waals surface area (Å²) in [5, 5.41) is 4.73. The van der Waals surface area contributed by atoms with E-state index in [1.54, 1.807) is 0 Å². The third-order valence-corrected chi connectivity index (χ3v) is 9.97. The largest absolute Gasteiger partial charge is 0.309 e. The molecule has 0 N–H and O–H groups in total. The number of para-hydroxylation sites is 3. The van der Waals surface area contributed by atoms with Gasteiger partial charge >= 0.3 is 0 Å². The fourth-order valence-corrected chi connectivity index (χ4v) is 7.52. The van der Waals surface area contributed by atoms with Gasteiger partial charge in [0.1, 0.15) is 0 Å². The molecule has 0 unspecified atom stereocenters. The fourth-order valence-electron chi connectivity index (χ4n) is 7.52. The molecule has 0 aliphatic rings. The van der Waals surface area contributed by atoms with Crippen molar-refractivity contribution in [2.45, 2.75) is 0 Å². The molecule has 0 amide bonds. The minimum atomic E-state index is 0.597. The van der Waals surface area contributed by atoms with Crippen LogP contribution in [0.2, 0.25) is 0 Å². The zero-order chi connectivity index (χ0) is 34.6. The van der Waals surface area contributed by atoms with Gasteiger partial charge in [0.15, 0.2) is 5.69 Å². The Morgan fingerprint density at radius 2 is 0.846 bits per heavy atom. The van der Waals surface area contributed by atoms with Gasteiger partial charge in [-0.05, 0) is 71.3 Å². The van der Waals surface area contributed by atoms with Crippen molar-refractivity contribution in [1.29, 1.82) is 0 Å². The van der Waals surface area contributed by atoms with Gasteiger partial charge in [-0.15, -0.1) is 0 Å². The Morgan fingerprint density at radius 1 is 0.385 bits per heavy atom. The van der Waals surface area contributed by atoms with E-state index in [1.807, 2.05) is 48.5 Å². The molecule has 3 heterocycles. The molecule has 10 aromatic rings. The molecule has 5 nitrogen and oxygen atoms in total. The Hall–Kier alpha value is -7.29. The van der Waals surface area contributed by atoms with E-state index in [4.69, 9.17) is 16.5 Å². The Kier molecular flexibility index (Phi) is 6.80. The first kappa shape index (κ1) is 29.6. The lowest BCUT2D eigenvalue weighted by molar-refractivity contribution is 0.996. The summed E-state index contributed by atoms with van der Waals surface area (Å²) in [6.07, 6.45) is 0. The van der Waals surface area contributed by atoms with Gasteiger partial charge in [-0.1, -0.05) is 121 Å². The molecule has 52 heavy (non-hydrogen) atoms. The predicted octanol–water partition coefficient (Wildman–Crippen LogP) is 12.2. The standard InChI is InChI=1S/C47H29N5/c1-48-35-24-20-32(21-25-35)42-30-41(31-12-4-2-5-13-31)49-47(50-42)52-44-19-11-9-17-38(44)40-29-34(23-27-46(40)52)33-22-26-45-39(28-33)37-16-8-10-18-43(37)51(45)36-14-6-3-7-15-36/h2-30H. The maximum Gasteiger partial charge on any atom is 0.235 e. The second-order valence-corrected chi connectivity index (χ2v) is 13.0. The zero-order valence-corrected chi connectivity index (χ0v) is 28.0. The summed E-state index contributed by atoms with van der Waals surface area (Å²) in [5.74, 6) is 0.597. The van der Waals surface area contributed by atoms with Gasteiger partial charge in [0.2, 0.25) is 5.95 Å². The van der Waals surface area contributed by atoms with Crippen molar-refractivity contribution in [3.8, 4) is 45.3 Å². The zero-order valence-electron chi connectivity index (χ0n) is 28.0. The highest BCUT2D eigenvalue weighted by Gasteiger charge is 2.18. The van der Waals surface area contributed by atoms with E-state index in [0.717, 1.165) is 61.1 Å². The van der Waals surface area contributed by atoms with Crippen LogP contribution in [-0.2, 0) is 0 Å². The van der Waals surface area contributed by atoms with Crippen LogP contribution in [0, 0.1) is 6.57 Å². The van der Waals surface area contributed by atoms with Gasteiger partial charge in [0, 0.05) is 32.8 Å². The average Bonchev–Trinajstić information content (AvgIpc) is 3.73. The normalized spacial score (nSPS) is 11.4. The second-order valence-electron chi connectivity index (χ2n) is 13.0. The third-order valence-electron chi connectivity index (χ3n) is 9.97. The fraction of sp³-hybridized carbons (Fsp3) is 0. The molecule has 0 aliphatic carbocycles. The molecule has 0 aliphatic heterocycles. The van der Waals surface area contributed by atoms with Crippen LogP contribution in [0.25, 0.3) is 93.7 Å². The summed E-state index contributed by atoms with van der Waals surface area (Å²) in [7, 11) is 0. The van der Waals surface area contributed by atoms with E-state index in [2.05, 4.69) is 141 Å². The van der Waals surface area contributed by atoms with Crippen molar-refractivity contribution in [3.05, 3.63) is 187 Å². The minimum Gasteiger partial charge on any atom is -0.309 e. The molecule has 0 fully saturated rings. The lowest BCUT2D eigenvalue weighted by Crippen LogP contribution is -2.04. The number of rotatable bonds is 5. The molecule has 5 heteroatoms. The van der Waals surface area contributed by atoms with Crippen molar-refractivity contribution in [2.75, 3.05) is 0 Å². The van der Waals surface area contributed by atoms with Gasteiger partial charge in [-0.2, -0.15) is 0 Å². The molecule has 10 rings (SSSR count). The van der Waals surface area contributed by atoms with Crippen molar-refractivity contribution >= 4 is 49.3 Å². The molecule has 0 spiro atoms. The SMILES string of the molecule is [C-]#[N+]c1ccc(-c2cc(-c3ccccc3)nc(-n3c4ccccc4c4cc(-c5ccc6c(c5)c5ccccc5n6-c5ccccc5)ccc43)n2)cc1. The van der Waals surface area contributed by atoms with Gasteiger partial charge in [0.05, 0.1) is 40.0 Å². The molecule has 0 saturated carbocycles.